The highest BCUT2D eigenvalue weighted by Gasteiger charge is 2.44. The summed E-state index contributed by atoms with van der Waals surface area (Å²) in [7, 11) is 1.24. The lowest BCUT2D eigenvalue weighted by molar-refractivity contribution is -0.131. The average Bonchev–Trinajstić information content (AvgIpc) is 3.57. The molecule has 0 bridgehead atoms. The third-order valence-corrected chi connectivity index (χ3v) is 11.2. The molecule has 1 aliphatic heterocycles. The van der Waals surface area contributed by atoms with Gasteiger partial charge in [0, 0.05) is 36.6 Å². The van der Waals surface area contributed by atoms with Crippen molar-refractivity contribution in [3.63, 3.8) is 0 Å². The van der Waals surface area contributed by atoms with E-state index in [1.54, 1.807) is 16.0 Å². The summed E-state index contributed by atoms with van der Waals surface area (Å²) in [5.74, 6) is -0.577. The van der Waals surface area contributed by atoms with Gasteiger partial charge in [-0.1, -0.05) is 122 Å². The van der Waals surface area contributed by atoms with Crippen LogP contribution < -0.4 is 16.0 Å². The number of aliphatic hydroxyl groups is 1. The molecule has 4 aromatic rings. The summed E-state index contributed by atoms with van der Waals surface area (Å²) in [4.78, 5) is 67.8. The molecular formula is C49H65N7O6. The van der Waals surface area contributed by atoms with Gasteiger partial charge in [-0.05, 0) is 71.4 Å². The Bertz CT molecular complexity index is 2100. The molecule has 5 amide bonds. The van der Waals surface area contributed by atoms with Crippen LogP contribution in [0, 0.1) is 10.8 Å². The van der Waals surface area contributed by atoms with Crippen LogP contribution in [0.3, 0.4) is 0 Å². The lowest BCUT2D eigenvalue weighted by Gasteiger charge is -2.38. The summed E-state index contributed by atoms with van der Waals surface area (Å²) in [6.07, 6.45) is 0.532. The number of benzene rings is 2. The first-order valence-corrected chi connectivity index (χ1v) is 21.5. The number of ether oxygens (including phenoxy) is 1. The van der Waals surface area contributed by atoms with E-state index >= 15 is 0 Å². The maximum atomic E-state index is 14.7. The summed E-state index contributed by atoms with van der Waals surface area (Å²) in [5.41, 5.74) is 3.93. The van der Waals surface area contributed by atoms with Crippen LogP contribution in [-0.2, 0) is 33.7 Å². The Morgan fingerprint density at radius 3 is 2.06 bits per heavy atom. The minimum Gasteiger partial charge on any atom is -0.453 e. The smallest absolute Gasteiger partial charge is 0.407 e. The quantitative estimate of drug-likeness (QED) is 0.0892. The summed E-state index contributed by atoms with van der Waals surface area (Å²) < 4.78 is 4.85. The monoisotopic (exact) mass is 847 g/mol. The van der Waals surface area contributed by atoms with Crippen molar-refractivity contribution in [1.82, 2.24) is 35.7 Å². The standard InChI is InChI=1S/C49H65N7O6/c1-32(2)38-20-15-18-36(51-38)31-55-26-27-56(47(55)61)43(49(6,7)8)45(59)53-40(29-33-16-11-10-12-17-33)41(57)30-37(52-44(58)42(48(3,4)5)54-46(60)62-9)28-34-21-23-35(24-22-34)39-19-13-14-25-50-39/h10-25,32,37,40-43,57H,26-31H2,1-9H3,(H,52,58)(H,53,59)(H,54,60). The number of pyridine rings is 2. The van der Waals surface area contributed by atoms with Crippen molar-refractivity contribution in [3.05, 3.63) is 120 Å². The molecule has 1 fully saturated rings. The van der Waals surface area contributed by atoms with E-state index in [0.717, 1.165) is 33.8 Å². The van der Waals surface area contributed by atoms with Crippen molar-refractivity contribution in [3.8, 4) is 11.3 Å². The van der Waals surface area contributed by atoms with Crippen molar-refractivity contribution >= 4 is 23.9 Å². The van der Waals surface area contributed by atoms with Crippen LogP contribution in [0.25, 0.3) is 11.3 Å². The van der Waals surface area contributed by atoms with Gasteiger partial charge in [-0.25, -0.2) is 9.59 Å². The third-order valence-electron chi connectivity index (χ3n) is 11.2. The number of nitrogens with zero attached hydrogens (tertiary/aromatic N) is 4. The van der Waals surface area contributed by atoms with Crippen LogP contribution >= 0.6 is 0 Å². The van der Waals surface area contributed by atoms with E-state index in [-0.39, 0.29) is 30.7 Å². The largest absolute Gasteiger partial charge is 0.453 e. The molecule has 13 nitrogen and oxygen atoms in total. The highest BCUT2D eigenvalue weighted by molar-refractivity contribution is 5.89. The fourth-order valence-corrected chi connectivity index (χ4v) is 7.92. The van der Waals surface area contributed by atoms with Crippen molar-refractivity contribution in [2.45, 2.75) is 117 Å². The molecule has 1 saturated heterocycles. The Kier molecular flexibility index (Phi) is 15.9. The van der Waals surface area contributed by atoms with Gasteiger partial charge < -0.3 is 35.6 Å². The zero-order valence-electron chi connectivity index (χ0n) is 37.7. The van der Waals surface area contributed by atoms with Crippen LogP contribution in [0.1, 0.15) is 90.2 Å². The minimum absolute atomic E-state index is 0.0552. The normalized spacial score (nSPS) is 15.7. The van der Waals surface area contributed by atoms with E-state index in [4.69, 9.17) is 9.72 Å². The maximum Gasteiger partial charge on any atom is 0.407 e. The zero-order chi connectivity index (χ0) is 45.2. The van der Waals surface area contributed by atoms with Gasteiger partial charge in [-0.15, -0.1) is 0 Å². The van der Waals surface area contributed by atoms with Gasteiger partial charge in [0.25, 0.3) is 0 Å². The molecule has 1 aliphatic rings. The Morgan fingerprint density at radius 2 is 1.45 bits per heavy atom. The third kappa shape index (κ3) is 12.9. The van der Waals surface area contributed by atoms with Gasteiger partial charge in [0.2, 0.25) is 11.8 Å². The number of rotatable bonds is 17. The van der Waals surface area contributed by atoms with Gasteiger partial charge in [0.05, 0.1) is 37.2 Å². The molecule has 3 heterocycles. The number of carbonyl (C=O) groups excluding carboxylic acids is 4. The topological polar surface area (TPSA) is 166 Å². The number of methoxy groups -OCH3 is 1. The molecule has 5 unspecified atom stereocenters. The number of nitrogens with one attached hydrogen (secondary N) is 3. The number of hydrogen-bond acceptors (Lipinski definition) is 8. The van der Waals surface area contributed by atoms with Gasteiger partial charge in [0.1, 0.15) is 12.1 Å². The predicted molar refractivity (Wildman–Crippen MR) is 241 cm³/mol. The number of aliphatic hydroxyl groups excluding tert-OH is 1. The summed E-state index contributed by atoms with van der Waals surface area (Å²) in [6, 6.07) is 25.5. The number of carbonyl (C=O) groups is 4. The van der Waals surface area contributed by atoms with Crippen LogP contribution in [0.4, 0.5) is 9.59 Å². The van der Waals surface area contributed by atoms with Gasteiger partial charge in [-0.3, -0.25) is 19.6 Å². The molecule has 4 N–H and O–H groups in total. The number of amides is 5. The van der Waals surface area contributed by atoms with Gasteiger partial charge in [0.15, 0.2) is 0 Å². The second-order valence-corrected chi connectivity index (χ2v) is 18.7. The Hall–Kier alpha value is -5.82. The predicted octanol–water partition coefficient (Wildman–Crippen LogP) is 6.90. The number of aromatic nitrogens is 2. The van der Waals surface area contributed by atoms with Crippen LogP contribution in [-0.4, -0.2) is 99.3 Å². The highest BCUT2D eigenvalue weighted by Crippen LogP contribution is 2.30. The van der Waals surface area contributed by atoms with E-state index in [2.05, 4.69) is 34.8 Å². The van der Waals surface area contributed by atoms with Crippen molar-refractivity contribution in [1.29, 1.82) is 0 Å². The Labute approximate surface area is 367 Å². The SMILES string of the molecule is COC(=O)NC(C(=O)NC(Cc1ccc(-c2ccccn2)cc1)CC(O)C(Cc1ccccc1)NC(=O)C(N1CCN(Cc2cccc(C(C)C)n2)C1=O)C(C)(C)C)C(C)(C)C. The first-order chi connectivity index (χ1) is 29.3. The molecule has 0 spiro atoms. The van der Waals surface area contributed by atoms with E-state index in [1.807, 2.05) is 133 Å². The summed E-state index contributed by atoms with van der Waals surface area (Å²) >= 11 is 0. The lowest BCUT2D eigenvalue weighted by atomic mass is 9.84. The van der Waals surface area contributed by atoms with E-state index in [9.17, 15) is 24.3 Å². The zero-order valence-corrected chi connectivity index (χ0v) is 37.7. The molecule has 62 heavy (non-hydrogen) atoms. The molecular weight excluding hydrogens is 783 g/mol. The number of urea groups is 1. The molecule has 5 rings (SSSR count). The van der Waals surface area contributed by atoms with E-state index < -0.39 is 53.1 Å². The van der Waals surface area contributed by atoms with Gasteiger partial charge >= 0.3 is 12.1 Å². The number of alkyl carbamates (subject to hydrolysis) is 1. The fraction of sp³-hybridized carbons (Fsp3) is 0.469. The van der Waals surface area contributed by atoms with E-state index in [0.29, 0.717) is 26.1 Å². The lowest BCUT2D eigenvalue weighted by Crippen LogP contribution is -2.59. The maximum absolute atomic E-state index is 14.7. The molecule has 0 saturated carbocycles. The molecule has 0 radical (unpaired) electrons. The first kappa shape index (κ1) is 47.2. The minimum atomic E-state index is -1.15. The second kappa shape index (κ2) is 20.8. The Morgan fingerprint density at radius 1 is 0.774 bits per heavy atom. The number of hydrogen-bond donors (Lipinski definition) is 4. The molecule has 332 valence electrons. The van der Waals surface area contributed by atoms with Crippen molar-refractivity contribution in [2.24, 2.45) is 10.8 Å². The highest BCUT2D eigenvalue weighted by atomic mass is 16.5. The molecule has 2 aromatic carbocycles. The summed E-state index contributed by atoms with van der Waals surface area (Å²) in [5, 5.41) is 21.2. The van der Waals surface area contributed by atoms with Crippen molar-refractivity contribution in [2.75, 3.05) is 20.2 Å². The van der Waals surface area contributed by atoms with Gasteiger partial charge in [-0.2, -0.15) is 0 Å². The van der Waals surface area contributed by atoms with Crippen LogP contribution in [0.2, 0.25) is 0 Å². The van der Waals surface area contributed by atoms with Crippen LogP contribution in [0.15, 0.2) is 97.2 Å². The summed E-state index contributed by atoms with van der Waals surface area (Å²) in [6.45, 7) is 16.6. The fourth-order valence-electron chi connectivity index (χ4n) is 7.92. The molecule has 13 heteroatoms. The van der Waals surface area contributed by atoms with Crippen molar-refractivity contribution < 1.29 is 29.0 Å². The van der Waals surface area contributed by atoms with E-state index in [1.165, 1.54) is 7.11 Å². The second-order valence-electron chi connectivity index (χ2n) is 18.7. The molecule has 5 atom stereocenters. The molecule has 2 aromatic heterocycles. The molecule has 0 aliphatic carbocycles. The Balaban J connectivity index is 1.41. The van der Waals surface area contributed by atoms with Crippen LogP contribution in [0.5, 0.6) is 0 Å². The average molecular weight is 848 g/mol. The first-order valence-electron chi connectivity index (χ1n) is 21.5.